The highest BCUT2D eigenvalue weighted by molar-refractivity contribution is 5.88. The van der Waals surface area contributed by atoms with Crippen LogP contribution < -0.4 is 0 Å². The quantitative estimate of drug-likeness (QED) is 0.650. The third-order valence-electron chi connectivity index (χ3n) is 1.73. The highest BCUT2D eigenvalue weighted by Gasteiger charge is 2.16. The van der Waals surface area contributed by atoms with Crippen LogP contribution in [0.1, 0.15) is 10.7 Å². The van der Waals surface area contributed by atoms with E-state index in [-0.39, 0.29) is 11.5 Å². The van der Waals surface area contributed by atoms with E-state index in [1.165, 1.54) is 19.2 Å². The van der Waals surface area contributed by atoms with Gasteiger partial charge in [-0.2, -0.15) is 0 Å². The first-order valence-electron chi connectivity index (χ1n) is 3.85. The number of carbonyl (C=O) groups excluding carboxylic acids is 1. The summed E-state index contributed by atoms with van der Waals surface area (Å²) in [5, 5.41) is 0. The molecule has 0 saturated heterocycles. The number of rotatable bonds is 1. The SMILES string of the molecule is COC(=O)c1nc2cccc(F)c2o1. The highest BCUT2D eigenvalue weighted by Crippen LogP contribution is 2.18. The van der Waals surface area contributed by atoms with E-state index in [1.54, 1.807) is 6.07 Å². The number of oxazole rings is 1. The number of nitrogens with zero attached hydrogens (tertiary/aromatic N) is 1. The van der Waals surface area contributed by atoms with Gasteiger partial charge in [-0.05, 0) is 12.1 Å². The monoisotopic (exact) mass is 195 g/mol. The molecule has 0 unspecified atom stereocenters. The van der Waals surface area contributed by atoms with Crippen molar-refractivity contribution in [2.24, 2.45) is 0 Å². The lowest BCUT2D eigenvalue weighted by molar-refractivity contribution is 0.0558. The van der Waals surface area contributed by atoms with Crippen LogP contribution >= 0.6 is 0 Å². The first-order chi connectivity index (χ1) is 6.72. The van der Waals surface area contributed by atoms with Crippen LogP contribution in [0.4, 0.5) is 4.39 Å². The maximum atomic E-state index is 13.1. The first kappa shape index (κ1) is 8.68. The smallest absolute Gasteiger partial charge is 0.394 e. The summed E-state index contributed by atoms with van der Waals surface area (Å²) in [6.07, 6.45) is 0. The van der Waals surface area contributed by atoms with Gasteiger partial charge in [0.05, 0.1) is 7.11 Å². The number of hydrogen-bond acceptors (Lipinski definition) is 4. The Morgan fingerprint density at radius 1 is 1.57 bits per heavy atom. The third kappa shape index (κ3) is 1.22. The minimum Gasteiger partial charge on any atom is -0.462 e. The van der Waals surface area contributed by atoms with Crippen molar-refractivity contribution in [1.29, 1.82) is 0 Å². The zero-order valence-electron chi connectivity index (χ0n) is 7.28. The molecule has 0 aliphatic rings. The largest absolute Gasteiger partial charge is 0.462 e. The number of hydrogen-bond donors (Lipinski definition) is 0. The topological polar surface area (TPSA) is 52.3 Å². The fraction of sp³-hybridized carbons (Fsp3) is 0.111. The fourth-order valence-corrected chi connectivity index (χ4v) is 1.09. The van der Waals surface area contributed by atoms with Crippen molar-refractivity contribution in [1.82, 2.24) is 4.98 Å². The molecule has 0 spiro atoms. The second-order valence-corrected chi connectivity index (χ2v) is 2.60. The molecule has 1 aromatic heterocycles. The minimum absolute atomic E-state index is 0.0344. The molecule has 0 N–H and O–H groups in total. The molecule has 1 aromatic carbocycles. The van der Waals surface area contributed by atoms with Crippen LogP contribution in [0.3, 0.4) is 0 Å². The third-order valence-corrected chi connectivity index (χ3v) is 1.73. The van der Waals surface area contributed by atoms with Crippen molar-refractivity contribution in [3.05, 3.63) is 29.9 Å². The maximum Gasteiger partial charge on any atom is 0.394 e. The summed E-state index contributed by atoms with van der Waals surface area (Å²) in [5.41, 5.74) is 0.262. The van der Waals surface area contributed by atoms with Crippen molar-refractivity contribution in [2.45, 2.75) is 0 Å². The lowest BCUT2D eigenvalue weighted by atomic mass is 10.3. The van der Waals surface area contributed by atoms with Crippen LogP contribution in [0.2, 0.25) is 0 Å². The summed E-state index contributed by atoms with van der Waals surface area (Å²) in [6.45, 7) is 0. The zero-order valence-corrected chi connectivity index (χ0v) is 7.28. The predicted octanol–water partition coefficient (Wildman–Crippen LogP) is 1.75. The molecule has 0 saturated carbocycles. The Morgan fingerprint density at radius 2 is 2.36 bits per heavy atom. The van der Waals surface area contributed by atoms with Crippen LogP contribution in [0.15, 0.2) is 22.6 Å². The molecule has 5 heteroatoms. The number of para-hydroxylation sites is 1. The number of esters is 1. The van der Waals surface area contributed by atoms with E-state index in [1.807, 2.05) is 0 Å². The second kappa shape index (κ2) is 3.10. The number of carbonyl (C=O) groups is 1. The van der Waals surface area contributed by atoms with Crippen LogP contribution in [0, 0.1) is 5.82 Å². The molecule has 2 aromatic rings. The summed E-state index contributed by atoms with van der Waals surface area (Å²) in [6, 6.07) is 4.27. The van der Waals surface area contributed by atoms with E-state index < -0.39 is 11.8 Å². The van der Waals surface area contributed by atoms with Gasteiger partial charge >= 0.3 is 11.9 Å². The van der Waals surface area contributed by atoms with Gasteiger partial charge in [0.25, 0.3) is 0 Å². The van der Waals surface area contributed by atoms with E-state index in [0.717, 1.165) is 0 Å². The summed E-state index contributed by atoms with van der Waals surface area (Å²) < 4.78 is 22.4. The number of benzene rings is 1. The van der Waals surface area contributed by atoms with E-state index in [4.69, 9.17) is 4.42 Å². The maximum absolute atomic E-state index is 13.1. The number of aromatic nitrogens is 1. The van der Waals surface area contributed by atoms with Gasteiger partial charge in [-0.3, -0.25) is 0 Å². The average molecular weight is 195 g/mol. The highest BCUT2D eigenvalue weighted by atomic mass is 19.1. The molecule has 0 aliphatic heterocycles. The van der Waals surface area contributed by atoms with Gasteiger partial charge in [-0.15, -0.1) is 0 Å². The van der Waals surface area contributed by atoms with Crippen molar-refractivity contribution < 1.29 is 18.3 Å². The Kier molecular flexibility index (Phi) is 1.92. The van der Waals surface area contributed by atoms with Gasteiger partial charge in [0, 0.05) is 0 Å². The molecule has 14 heavy (non-hydrogen) atoms. The van der Waals surface area contributed by atoms with Crippen molar-refractivity contribution >= 4 is 17.1 Å². The molecule has 0 bridgehead atoms. The molecule has 2 rings (SSSR count). The van der Waals surface area contributed by atoms with Crippen molar-refractivity contribution in [3.63, 3.8) is 0 Å². The van der Waals surface area contributed by atoms with Gasteiger partial charge in [0.2, 0.25) is 0 Å². The first-order valence-corrected chi connectivity index (χ1v) is 3.85. The molecule has 1 heterocycles. The minimum atomic E-state index is -0.722. The standard InChI is InChI=1S/C9H6FNO3/c1-13-9(12)8-11-6-4-2-3-5(10)7(6)14-8/h2-4H,1H3. The average Bonchev–Trinajstić information content (AvgIpc) is 2.62. The molecular formula is C9H6FNO3. The van der Waals surface area contributed by atoms with E-state index in [2.05, 4.69) is 9.72 Å². The fourth-order valence-electron chi connectivity index (χ4n) is 1.09. The van der Waals surface area contributed by atoms with E-state index >= 15 is 0 Å². The zero-order chi connectivity index (χ0) is 10.1. The Bertz CT molecular complexity index is 492. The van der Waals surface area contributed by atoms with Gasteiger partial charge in [-0.25, -0.2) is 14.2 Å². The molecule has 4 nitrogen and oxygen atoms in total. The molecule has 0 fully saturated rings. The number of halogens is 1. The van der Waals surface area contributed by atoms with Crippen LogP contribution in [0.25, 0.3) is 11.1 Å². The van der Waals surface area contributed by atoms with Crippen LogP contribution in [0.5, 0.6) is 0 Å². The molecule has 0 atom stereocenters. The molecule has 0 aliphatic carbocycles. The Balaban J connectivity index is 2.62. The van der Waals surface area contributed by atoms with E-state index in [9.17, 15) is 9.18 Å². The van der Waals surface area contributed by atoms with E-state index in [0.29, 0.717) is 5.52 Å². The molecular weight excluding hydrogens is 189 g/mol. The second-order valence-electron chi connectivity index (χ2n) is 2.60. The van der Waals surface area contributed by atoms with Crippen LogP contribution in [-0.2, 0) is 4.74 Å². The molecule has 0 radical (unpaired) electrons. The number of methoxy groups -OCH3 is 1. The lowest BCUT2D eigenvalue weighted by Gasteiger charge is -1.89. The molecule has 72 valence electrons. The van der Waals surface area contributed by atoms with Crippen molar-refractivity contribution in [3.8, 4) is 0 Å². The molecule has 0 amide bonds. The van der Waals surface area contributed by atoms with Gasteiger partial charge in [0.1, 0.15) is 5.52 Å². The predicted molar refractivity (Wildman–Crippen MR) is 45.3 cm³/mol. The number of ether oxygens (including phenoxy) is 1. The number of fused-ring (bicyclic) bond motifs is 1. The Labute approximate surface area is 78.3 Å². The van der Waals surface area contributed by atoms with Gasteiger partial charge in [0.15, 0.2) is 11.4 Å². The normalized spacial score (nSPS) is 10.4. The Morgan fingerprint density at radius 3 is 3.00 bits per heavy atom. The summed E-state index contributed by atoms with van der Waals surface area (Å²) >= 11 is 0. The van der Waals surface area contributed by atoms with Gasteiger partial charge in [-0.1, -0.05) is 6.07 Å². The summed E-state index contributed by atoms with van der Waals surface area (Å²) in [5.74, 6) is -1.52. The van der Waals surface area contributed by atoms with Crippen molar-refractivity contribution in [2.75, 3.05) is 7.11 Å². The lowest BCUT2D eigenvalue weighted by Crippen LogP contribution is -2.00. The van der Waals surface area contributed by atoms with Crippen LogP contribution in [-0.4, -0.2) is 18.1 Å². The summed E-state index contributed by atoms with van der Waals surface area (Å²) in [4.78, 5) is 14.8. The Hall–Kier alpha value is -1.91. The van der Waals surface area contributed by atoms with Gasteiger partial charge < -0.3 is 9.15 Å². The summed E-state index contributed by atoms with van der Waals surface area (Å²) in [7, 11) is 1.20.